The lowest BCUT2D eigenvalue weighted by Gasteiger charge is -2.25. The predicted molar refractivity (Wildman–Crippen MR) is 151 cm³/mol. The fraction of sp³-hybridized carbons (Fsp3) is 0.367. The fourth-order valence-electron chi connectivity index (χ4n) is 4.38. The van der Waals surface area contributed by atoms with Crippen LogP contribution in [0.4, 0.5) is 0 Å². The van der Waals surface area contributed by atoms with Crippen molar-refractivity contribution in [1.82, 2.24) is 4.57 Å². The Bertz CT molecular complexity index is 1560. The van der Waals surface area contributed by atoms with Crippen molar-refractivity contribution in [1.29, 1.82) is 0 Å². The van der Waals surface area contributed by atoms with Gasteiger partial charge in [0.2, 0.25) is 0 Å². The average Bonchev–Trinajstić information content (AvgIpc) is 3.18. The van der Waals surface area contributed by atoms with E-state index in [-0.39, 0.29) is 24.4 Å². The molecule has 9 heteroatoms. The van der Waals surface area contributed by atoms with Crippen LogP contribution in [0.5, 0.6) is 17.2 Å². The SMILES string of the molecule is CCOC(=O)C1=C(C)N=c2s/c(=C\c3ccc(OC(C)C)cc3)c(=O)n2[C@H]1c1ccc(OC(C)C)c(OC)c1. The van der Waals surface area contributed by atoms with Crippen LogP contribution in [0.2, 0.25) is 0 Å². The van der Waals surface area contributed by atoms with Crippen LogP contribution in [0.25, 0.3) is 6.08 Å². The first-order chi connectivity index (χ1) is 18.6. The fourth-order valence-corrected chi connectivity index (χ4v) is 5.43. The summed E-state index contributed by atoms with van der Waals surface area (Å²) in [6.07, 6.45) is 1.84. The first-order valence-corrected chi connectivity index (χ1v) is 13.8. The molecule has 8 nitrogen and oxygen atoms in total. The van der Waals surface area contributed by atoms with Gasteiger partial charge in [-0.25, -0.2) is 9.79 Å². The Kier molecular flexibility index (Phi) is 8.60. The lowest BCUT2D eigenvalue weighted by molar-refractivity contribution is -0.139. The third kappa shape index (κ3) is 6.09. The maximum atomic E-state index is 13.8. The summed E-state index contributed by atoms with van der Waals surface area (Å²) in [5.74, 6) is 1.33. The summed E-state index contributed by atoms with van der Waals surface area (Å²) < 4.78 is 24.7. The van der Waals surface area contributed by atoms with Gasteiger partial charge in [0, 0.05) is 0 Å². The van der Waals surface area contributed by atoms with E-state index in [0.717, 1.165) is 11.3 Å². The van der Waals surface area contributed by atoms with Crippen LogP contribution in [0.3, 0.4) is 0 Å². The summed E-state index contributed by atoms with van der Waals surface area (Å²) in [6, 6.07) is 12.2. The van der Waals surface area contributed by atoms with Crippen LogP contribution in [0.15, 0.2) is 63.5 Å². The highest BCUT2D eigenvalue weighted by molar-refractivity contribution is 7.07. The molecule has 0 fully saturated rings. The number of carbonyl (C=O) groups excluding carboxylic acids is 1. The number of fused-ring (bicyclic) bond motifs is 1. The summed E-state index contributed by atoms with van der Waals surface area (Å²) in [7, 11) is 1.56. The Morgan fingerprint density at radius 1 is 1.05 bits per heavy atom. The molecule has 4 rings (SSSR count). The number of hydrogen-bond donors (Lipinski definition) is 0. The van der Waals surface area contributed by atoms with Crippen molar-refractivity contribution >= 4 is 23.4 Å². The first-order valence-electron chi connectivity index (χ1n) is 12.9. The van der Waals surface area contributed by atoms with Gasteiger partial charge in [0.25, 0.3) is 5.56 Å². The van der Waals surface area contributed by atoms with E-state index in [1.165, 1.54) is 11.3 Å². The van der Waals surface area contributed by atoms with Gasteiger partial charge in [-0.2, -0.15) is 0 Å². The Balaban J connectivity index is 1.87. The Labute approximate surface area is 231 Å². The number of esters is 1. The number of methoxy groups -OCH3 is 1. The van der Waals surface area contributed by atoms with Crippen LogP contribution in [0, 0.1) is 0 Å². The second-order valence-corrected chi connectivity index (χ2v) is 10.6. The third-order valence-electron chi connectivity index (χ3n) is 5.93. The zero-order chi connectivity index (χ0) is 28.3. The molecule has 0 N–H and O–H groups in total. The van der Waals surface area contributed by atoms with E-state index < -0.39 is 12.0 Å². The summed E-state index contributed by atoms with van der Waals surface area (Å²) >= 11 is 1.28. The van der Waals surface area contributed by atoms with Crippen molar-refractivity contribution in [2.45, 2.75) is 59.8 Å². The summed E-state index contributed by atoms with van der Waals surface area (Å²) in [5, 5.41) is 0. The van der Waals surface area contributed by atoms with Crippen LogP contribution in [-0.4, -0.2) is 36.5 Å². The smallest absolute Gasteiger partial charge is 0.338 e. The Morgan fingerprint density at radius 3 is 2.36 bits per heavy atom. The van der Waals surface area contributed by atoms with Crippen molar-refractivity contribution in [2.75, 3.05) is 13.7 Å². The maximum absolute atomic E-state index is 13.8. The standard InChI is InChI=1S/C30H34N2O6S/c1-8-36-29(34)26-19(6)31-30-32(27(26)21-11-14-23(38-18(4)5)24(16-21)35-7)28(33)25(39-30)15-20-9-12-22(13-10-20)37-17(2)3/h9-18,27H,8H2,1-7H3/b25-15-/t27-/m0/s1. The number of benzene rings is 2. The van der Waals surface area contributed by atoms with Gasteiger partial charge in [-0.1, -0.05) is 29.5 Å². The van der Waals surface area contributed by atoms with E-state index in [1.54, 1.807) is 37.7 Å². The number of ether oxygens (including phenoxy) is 4. The van der Waals surface area contributed by atoms with Gasteiger partial charge >= 0.3 is 5.97 Å². The minimum atomic E-state index is -0.744. The van der Waals surface area contributed by atoms with Crippen LogP contribution in [-0.2, 0) is 9.53 Å². The molecule has 2 heterocycles. The molecular formula is C30H34N2O6S. The molecule has 0 spiro atoms. The molecule has 0 saturated heterocycles. The van der Waals surface area contributed by atoms with Gasteiger partial charge < -0.3 is 18.9 Å². The number of rotatable bonds is 9. The minimum absolute atomic E-state index is 0.0503. The van der Waals surface area contributed by atoms with Crippen molar-refractivity contribution < 1.29 is 23.7 Å². The lowest BCUT2D eigenvalue weighted by Crippen LogP contribution is -2.40. The third-order valence-corrected chi connectivity index (χ3v) is 6.92. The zero-order valence-electron chi connectivity index (χ0n) is 23.3. The highest BCUT2D eigenvalue weighted by atomic mass is 32.1. The molecule has 0 bridgehead atoms. The molecule has 0 saturated carbocycles. The molecule has 206 valence electrons. The molecule has 39 heavy (non-hydrogen) atoms. The number of thiazole rings is 1. The minimum Gasteiger partial charge on any atom is -0.493 e. The molecule has 1 atom stereocenters. The van der Waals surface area contributed by atoms with E-state index >= 15 is 0 Å². The zero-order valence-corrected chi connectivity index (χ0v) is 24.1. The number of allylic oxidation sites excluding steroid dienone is 1. The second-order valence-electron chi connectivity index (χ2n) is 9.61. The van der Waals surface area contributed by atoms with Crippen molar-refractivity contribution in [3.63, 3.8) is 0 Å². The highest BCUT2D eigenvalue weighted by Crippen LogP contribution is 2.36. The van der Waals surface area contributed by atoms with E-state index in [2.05, 4.69) is 4.99 Å². The molecule has 2 aromatic carbocycles. The molecule has 1 aliphatic rings. The van der Waals surface area contributed by atoms with E-state index in [0.29, 0.717) is 37.7 Å². The second kappa shape index (κ2) is 11.9. The summed E-state index contributed by atoms with van der Waals surface area (Å²) in [5.41, 5.74) is 2.10. The van der Waals surface area contributed by atoms with E-state index in [9.17, 15) is 9.59 Å². The average molecular weight is 551 g/mol. The van der Waals surface area contributed by atoms with Gasteiger partial charge in [0.05, 0.1) is 47.8 Å². The monoisotopic (exact) mass is 550 g/mol. The Morgan fingerprint density at radius 2 is 1.74 bits per heavy atom. The van der Waals surface area contributed by atoms with Crippen molar-refractivity contribution in [2.24, 2.45) is 4.99 Å². The first kappa shape index (κ1) is 28.2. The van der Waals surface area contributed by atoms with E-state index in [4.69, 9.17) is 18.9 Å². The molecule has 0 unspecified atom stereocenters. The van der Waals surface area contributed by atoms with Crippen molar-refractivity contribution in [3.05, 3.63) is 84.5 Å². The highest BCUT2D eigenvalue weighted by Gasteiger charge is 2.34. The van der Waals surface area contributed by atoms with Gasteiger partial charge in [-0.3, -0.25) is 9.36 Å². The molecule has 0 aliphatic carbocycles. The lowest BCUT2D eigenvalue weighted by atomic mass is 9.95. The quantitative estimate of drug-likeness (QED) is 0.368. The molecule has 0 radical (unpaired) electrons. The largest absolute Gasteiger partial charge is 0.493 e. The van der Waals surface area contributed by atoms with Crippen LogP contribution >= 0.6 is 11.3 Å². The molecular weight excluding hydrogens is 516 g/mol. The summed E-state index contributed by atoms with van der Waals surface area (Å²) in [6.45, 7) is 11.5. The summed E-state index contributed by atoms with van der Waals surface area (Å²) in [4.78, 5) is 32.1. The molecule has 1 aromatic heterocycles. The number of nitrogens with zero attached hydrogens (tertiary/aromatic N) is 2. The Hall–Kier alpha value is -3.85. The van der Waals surface area contributed by atoms with Gasteiger partial charge in [0.1, 0.15) is 5.75 Å². The number of carbonyl (C=O) groups is 1. The van der Waals surface area contributed by atoms with Gasteiger partial charge in [-0.05, 0) is 83.0 Å². The topological polar surface area (TPSA) is 88.4 Å². The van der Waals surface area contributed by atoms with Crippen LogP contribution < -0.4 is 29.1 Å². The number of aromatic nitrogens is 1. The number of hydrogen-bond acceptors (Lipinski definition) is 8. The van der Waals surface area contributed by atoms with Crippen LogP contribution in [0.1, 0.15) is 58.7 Å². The molecule has 0 amide bonds. The maximum Gasteiger partial charge on any atom is 0.338 e. The van der Waals surface area contributed by atoms with E-state index in [1.807, 2.05) is 64.1 Å². The normalized spacial score (nSPS) is 15.3. The van der Waals surface area contributed by atoms with Gasteiger partial charge in [-0.15, -0.1) is 0 Å². The predicted octanol–water partition coefficient (Wildman–Crippen LogP) is 4.38. The molecule has 3 aromatic rings. The molecule has 1 aliphatic heterocycles. The van der Waals surface area contributed by atoms with Gasteiger partial charge in [0.15, 0.2) is 16.3 Å². The van der Waals surface area contributed by atoms with Crippen molar-refractivity contribution in [3.8, 4) is 17.2 Å².